The number of carbonyl (C=O) groups is 1. The van der Waals surface area contributed by atoms with Gasteiger partial charge in [-0.2, -0.15) is 0 Å². The molecule has 1 amide bonds. The van der Waals surface area contributed by atoms with Gasteiger partial charge >= 0.3 is 6.09 Å². The highest BCUT2D eigenvalue weighted by molar-refractivity contribution is 14.1. The molecule has 0 radical (unpaired) electrons. The molecule has 0 saturated carbocycles. The maximum atomic E-state index is 12.6. The minimum Gasteiger partial charge on any atom is -0.446 e. The van der Waals surface area contributed by atoms with Crippen LogP contribution < -0.4 is 5.32 Å². The van der Waals surface area contributed by atoms with Gasteiger partial charge in [0.05, 0.1) is 11.1 Å². The van der Waals surface area contributed by atoms with Crippen molar-refractivity contribution in [3.8, 4) is 0 Å². The Kier molecular flexibility index (Phi) is 9.17. The number of hydrogen-bond donors (Lipinski definition) is 1. The second kappa shape index (κ2) is 10.3. The highest BCUT2D eigenvalue weighted by Crippen LogP contribution is 2.27. The molecule has 0 aliphatic heterocycles. The monoisotopic (exact) mass is 517 g/mol. The number of amides is 1. The Labute approximate surface area is 189 Å². The zero-order valence-corrected chi connectivity index (χ0v) is 21.2. The Morgan fingerprint density at radius 2 is 1.79 bits per heavy atom. The van der Waals surface area contributed by atoms with E-state index in [4.69, 9.17) is 14.5 Å². The van der Waals surface area contributed by atoms with E-state index in [0.717, 1.165) is 16.7 Å². The van der Waals surface area contributed by atoms with Crippen LogP contribution in [-0.2, 0) is 20.1 Å². The zero-order valence-electron chi connectivity index (χ0n) is 19.0. The van der Waals surface area contributed by atoms with Crippen molar-refractivity contribution in [3.05, 3.63) is 42.0 Å². The maximum Gasteiger partial charge on any atom is 0.408 e. The number of alkyl halides is 1. The van der Waals surface area contributed by atoms with E-state index >= 15 is 0 Å². The molecule has 0 saturated heterocycles. The lowest BCUT2D eigenvalue weighted by atomic mass is 9.92. The van der Waals surface area contributed by atoms with Gasteiger partial charge in [0.2, 0.25) is 0 Å². The van der Waals surface area contributed by atoms with Crippen LogP contribution in [0, 0.1) is 0 Å². The molecule has 2 unspecified atom stereocenters. The standard InChI is InChI=1S/C23H36INO4/c1-16(2)18-11-10-12-19(13-18)23(9,15-24)25-20(26)27-17(3)14-22(7,8)29-28-21(4,5)6/h10-13,17H,1,14-15H2,2-9H3,(H,25,26). The smallest absolute Gasteiger partial charge is 0.408 e. The molecule has 0 bridgehead atoms. The molecular formula is C23H36INO4. The van der Waals surface area contributed by atoms with Crippen molar-refractivity contribution in [3.63, 3.8) is 0 Å². The van der Waals surface area contributed by atoms with Crippen LogP contribution in [0.5, 0.6) is 0 Å². The van der Waals surface area contributed by atoms with E-state index in [9.17, 15) is 4.79 Å². The van der Waals surface area contributed by atoms with E-state index in [2.05, 4.69) is 40.6 Å². The first-order valence-corrected chi connectivity index (χ1v) is 11.4. The third-order valence-electron chi connectivity index (χ3n) is 4.24. The van der Waals surface area contributed by atoms with Gasteiger partial charge in [-0.3, -0.25) is 0 Å². The second-order valence-electron chi connectivity index (χ2n) is 9.41. The molecule has 0 spiro atoms. The van der Waals surface area contributed by atoms with E-state index in [0.29, 0.717) is 10.8 Å². The largest absolute Gasteiger partial charge is 0.446 e. The van der Waals surface area contributed by atoms with Crippen LogP contribution in [0.1, 0.15) is 72.9 Å². The fourth-order valence-electron chi connectivity index (χ4n) is 2.75. The van der Waals surface area contributed by atoms with E-state index < -0.39 is 22.8 Å². The molecule has 0 heterocycles. The maximum absolute atomic E-state index is 12.6. The number of ether oxygens (including phenoxy) is 1. The van der Waals surface area contributed by atoms with Crippen molar-refractivity contribution in [2.75, 3.05) is 4.43 Å². The van der Waals surface area contributed by atoms with Crippen LogP contribution in [-0.4, -0.2) is 27.8 Å². The van der Waals surface area contributed by atoms with Gasteiger partial charge in [-0.25, -0.2) is 14.6 Å². The SMILES string of the molecule is C=C(C)c1cccc(C(C)(CI)NC(=O)OC(C)CC(C)(C)OOC(C)(C)C)c1. The Bertz CT molecular complexity index is 711. The van der Waals surface area contributed by atoms with Crippen LogP contribution in [0.3, 0.4) is 0 Å². The molecule has 0 fully saturated rings. The molecule has 164 valence electrons. The number of rotatable bonds is 9. The molecule has 1 aromatic rings. The minimum absolute atomic E-state index is 0.339. The Morgan fingerprint density at radius 1 is 1.17 bits per heavy atom. The number of carbonyl (C=O) groups excluding carboxylic acids is 1. The summed E-state index contributed by atoms with van der Waals surface area (Å²) in [5.41, 5.74) is 1.51. The van der Waals surface area contributed by atoms with Gasteiger partial charge < -0.3 is 10.1 Å². The number of benzene rings is 1. The quantitative estimate of drug-likeness (QED) is 0.178. The predicted octanol–water partition coefficient (Wildman–Crippen LogP) is 6.40. The van der Waals surface area contributed by atoms with Crippen molar-refractivity contribution in [1.29, 1.82) is 0 Å². The number of hydrogen-bond acceptors (Lipinski definition) is 4. The average Bonchev–Trinajstić information content (AvgIpc) is 2.58. The normalized spacial score (nSPS) is 15.3. The molecule has 1 N–H and O–H groups in total. The van der Waals surface area contributed by atoms with Crippen LogP contribution in [0.2, 0.25) is 0 Å². The van der Waals surface area contributed by atoms with Gasteiger partial charge in [0.1, 0.15) is 11.7 Å². The molecule has 6 heteroatoms. The summed E-state index contributed by atoms with van der Waals surface area (Å²) >= 11 is 2.28. The summed E-state index contributed by atoms with van der Waals surface area (Å²) < 4.78 is 6.30. The first kappa shape index (κ1) is 25.9. The molecule has 1 aromatic carbocycles. The molecule has 1 rings (SSSR count). The van der Waals surface area contributed by atoms with E-state index in [1.807, 2.05) is 73.6 Å². The first-order valence-electron chi connectivity index (χ1n) is 9.85. The van der Waals surface area contributed by atoms with Crippen LogP contribution >= 0.6 is 22.6 Å². The average molecular weight is 517 g/mol. The molecule has 0 aliphatic rings. The van der Waals surface area contributed by atoms with E-state index in [1.54, 1.807) is 0 Å². The van der Waals surface area contributed by atoms with Gasteiger partial charge in [0.15, 0.2) is 0 Å². The molecular weight excluding hydrogens is 481 g/mol. The molecule has 5 nitrogen and oxygen atoms in total. The van der Waals surface area contributed by atoms with Crippen LogP contribution in [0.15, 0.2) is 30.8 Å². The lowest BCUT2D eigenvalue weighted by Crippen LogP contribution is -2.46. The van der Waals surface area contributed by atoms with E-state index in [1.165, 1.54) is 0 Å². The highest BCUT2D eigenvalue weighted by Gasteiger charge is 2.31. The van der Waals surface area contributed by atoms with Crippen molar-refractivity contribution in [2.24, 2.45) is 0 Å². The fraction of sp³-hybridized carbons (Fsp3) is 0.609. The molecule has 0 aliphatic carbocycles. The van der Waals surface area contributed by atoms with Crippen molar-refractivity contribution in [2.45, 2.75) is 84.7 Å². The van der Waals surface area contributed by atoms with Gasteiger partial charge in [-0.15, -0.1) is 0 Å². The summed E-state index contributed by atoms with van der Waals surface area (Å²) in [6.07, 6.45) is -0.290. The first-order chi connectivity index (χ1) is 13.2. The number of halogens is 1. The summed E-state index contributed by atoms with van der Waals surface area (Å²) in [4.78, 5) is 23.6. The summed E-state index contributed by atoms with van der Waals surface area (Å²) in [7, 11) is 0. The van der Waals surface area contributed by atoms with Gasteiger partial charge in [-0.05, 0) is 72.6 Å². The van der Waals surface area contributed by atoms with Gasteiger partial charge in [-0.1, -0.05) is 52.9 Å². The van der Waals surface area contributed by atoms with Gasteiger partial charge in [0.25, 0.3) is 0 Å². The van der Waals surface area contributed by atoms with Crippen LogP contribution in [0.4, 0.5) is 4.79 Å². The lowest BCUT2D eigenvalue weighted by molar-refractivity contribution is -0.399. The molecule has 29 heavy (non-hydrogen) atoms. The second-order valence-corrected chi connectivity index (χ2v) is 10.2. The third kappa shape index (κ3) is 9.05. The molecule has 0 aromatic heterocycles. The lowest BCUT2D eigenvalue weighted by Gasteiger charge is -2.32. The summed E-state index contributed by atoms with van der Waals surface area (Å²) in [6.45, 7) is 19.4. The topological polar surface area (TPSA) is 56.8 Å². The number of nitrogens with one attached hydrogen (secondary N) is 1. The Hall–Kier alpha value is -1.12. The Balaban J connectivity index is 2.75. The highest BCUT2D eigenvalue weighted by atomic mass is 127. The van der Waals surface area contributed by atoms with E-state index in [-0.39, 0.29) is 6.10 Å². The Morgan fingerprint density at radius 3 is 2.31 bits per heavy atom. The minimum atomic E-state index is -0.588. The fourth-order valence-corrected chi connectivity index (χ4v) is 3.38. The van der Waals surface area contributed by atoms with Crippen molar-refractivity contribution in [1.82, 2.24) is 5.32 Å². The summed E-state index contributed by atoms with van der Waals surface area (Å²) in [6, 6.07) is 8.07. The summed E-state index contributed by atoms with van der Waals surface area (Å²) in [5, 5.41) is 3.03. The zero-order chi connectivity index (χ0) is 22.5. The third-order valence-corrected chi connectivity index (χ3v) is 5.77. The summed E-state index contributed by atoms with van der Waals surface area (Å²) in [5.74, 6) is 0. The number of alkyl carbamates (subject to hydrolysis) is 1. The number of allylic oxidation sites excluding steroid dienone is 1. The van der Waals surface area contributed by atoms with Crippen molar-refractivity contribution < 1.29 is 19.3 Å². The van der Waals surface area contributed by atoms with Gasteiger partial charge in [0, 0.05) is 10.8 Å². The molecule has 2 atom stereocenters. The predicted molar refractivity (Wildman–Crippen MR) is 127 cm³/mol. The van der Waals surface area contributed by atoms with Crippen LogP contribution in [0.25, 0.3) is 5.57 Å². The van der Waals surface area contributed by atoms with Crippen molar-refractivity contribution >= 4 is 34.3 Å².